The summed E-state index contributed by atoms with van der Waals surface area (Å²) in [6, 6.07) is 22.3. The molecule has 5 aromatic rings. The largest absolute Gasteiger partial charge is 0.444 e. The lowest BCUT2D eigenvalue weighted by Gasteiger charge is -2.35. The van der Waals surface area contributed by atoms with Crippen molar-refractivity contribution >= 4 is 33.1 Å². The molecule has 50 heavy (non-hydrogen) atoms. The lowest BCUT2D eigenvalue weighted by Crippen LogP contribution is -2.42. The summed E-state index contributed by atoms with van der Waals surface area (Å²) in [6.45, 7) is 10.9. The summed E-state index contributed by atoms with van der Waals surface area (Å²) < 4.78 is 34.9. The van der Waals surface area contributed by atoms with Gasteiger partial charge >= 0.3 is 6.09 Å². The molecule has 0 bridgehead atoms. The summed E-state index contributed by atoms with van der Waals surface area (Å²) in [5, 5.41) is 0.673. The minimum absolute atomic E-state index is 0.116. The Labute approximate surface area is 294 Å². The third-order valence-electron chi connectivity index (χ3n) is 9.15. The predicted octanol–water partition coefficient (Wildman–Crippen LogP) is 8.04. The van der Waals surface area contributed by atoms with E-state index in [1.54, 1.807) is 62.9 Å². The standard InChI is InChI=1S/C40H44N4O5S/c1-26-10-17-33(18-11-26)50(47,48)44-25-36(28-12-14-29(15-13-28)38(45)42(6)7)35-22-32(23-41-37(35)44)30-16-19-34(27(2)21-30)31-9-8-20-43(24-31)39(46)49-40(3,4)5/h10-19,21-23,25,31H,8-9,20,24H2,1-7H3. The summed E-state index contributed by atoms with van der Waals surface area (Å²) in [7, 11) is -0.562. The highest BCUT2D eigenvalue weighted by Gasteiger charge is 2.29. The van der Waals surface area contributed by atoms with E-state index in [4.69, 9.17) is 9.72 Å². The van der Waals surface area contributed by atoms with E-state index >= 15 is 0 Å². The Morgan fingerprint density at radius 1 is 0.900 bits per heavy atom. The Morgan fingerprint density at radius 3 is 2.22 bits per heavy atom. The van der Waals surface area contributed by atoms with Gasteiger partial charge in [-0.3, -0.25) is 4.79 Å². The molecule has 6 rings (SSSR count). The van der Waals surface area contributed by atoms with Gasteiger partial charge in [-0.25, -0.2) is 22.2 Å². The summed E-state index contributed by atoms with van der Waals surface area (Å²) in [6.07, 6.45) is 4.94. The first-order valence-electron chi connectivity index (χ1n) is 16.9. The number of piperidine rings is 1. The topological polar surface area (TPSA) is 102 Å². The third-order valence-corrected chi connectivity index (χ3v) is 10.8. The maximum atomic E-state index is 14.0. The number of aryl methyl sites for hydroxylation is 2. The van der Waals surface area contributed by atoms with Crippen LogP contribution in [0.3, 0.4) is 0 Å². The number of hydrogen-bond donors (Lipinski definition) is 0. The van der Waals surface area contributed by atoms with Crippen molar-refractivity contribution in [1.82, 2.24) is 18.8 Å². The Kier molecular flexibility index (Phi) is 9.35. The van der Waals surface area contributed by atoms with Crippen molar-refractivity contribution in [3.8, 4) is 22.3 Å². The Bertz CT molecular complexity index is 2180. The molecular weight excluding hydrogens is 649 g/mol. The predicted molar refractivity (Wildman–Crippen MR) is 197 cm³/mol. The highest BCUT2D eigenvalue weighted by molar-refractivity contribution is 7.90. The van der Waals surface area contributed by atoms with Crippen LogP contribution in [0.5, 0.6) is 0 Å². The number of fused-ring (bicyclic) bond motifs is 1. The molecule has 0 spiro atoms. The van der Waals surface area contributed by atoms with E-state index in [2.05, 4.69) is 25.1 Å². The van der Waals surface area contributed by atoms with Gasteiger partial charge < -0.3 is 14.5 Å². The van der Waals surface area contributed by atoms with Gasteiger partial charge in [0, 0.05) is 67.6 Å². The number of aromatic nitrogens is 2. The van der Waals surface area contributed by atoms with Crippen molar-refractivity contribution in [3.63, 3.8) is 0 Å². The van der Waals surface area contributed by atoms with E-state index in [9.17, 15) is 18.0 Å². The number of likely N-dealkylation sites (tertiary alicyclic amines) is 1. The number of carbonyl (C=O) groups excluding carboxylic acids is 2. The van der Waals surface area contributed by atoms with Crippen LogP contribution >= 0.6 is 0 Å². The minimum atomic E-state index is -3.97. The molecule has 3 aromatic carbocycles. The maximum absolute atomic E-state index is 14.0. The summed E-state index contributed by atoms with van der Waals surface area (Å²) in [5.74, 6) is 0.0790. The molecule has 3 heterocycles. The molecule has 2 amide bonds. The normalized spacial score (nSPS) is 15.3. The molecule has 0 aliphatic carbocycles. The second-order valence-corrected chi connectivity index (χ2v) is 16.2. The molecule has 1 atom stereocenters. The van der Waals surface area contributed by atoms with Crippen molar-refractivity contribution in [2.45, 2.75) is 63.9 Å². The van der Waals surface area contributed by atoms with Crippen LogP contribution in [-0.2, 0) is 14.8 Å². The first-order chi connectivity index (χ1) is 23.6. The van der Waals surface area contributed by atoms with Crippen LogP contribution in [0.2, 0.25) is 0 Å². The SMILES string of the molecule is Cc1ccc(S(=O)(=O)n2cc(-c3ccc(C(=O)N(C)C)cc3)c3cc(-c4ccc(C5CCCN(C(=O)OC(C)(C)C)C5)c(C)c4)cnc32)cc1. The zero-order valence-electron chi connectivity index (χ0n) is 29.7. The molecule has 0 radical (unpaired) electrons. The number of benzene rings is 3. The van der Waals surface area contributed by atoms with Crippen molar-refractivity contribution < 1.29 is 22.7 Å². The molecular formula is C40H44N4O5S. The van der Waals surface area contributed by atoms with Crippen LogP contribution in [0.1, 0.15) is 66.6 Å². The van der Waals surface area contributed by atoms with Crippen LogP contribution in [0.15, 0.2) is 90.1 Å². The van der Waals surface area contributed by atoms with E-state index in [1.165, 1.54) is 14.4 Å². The van der Waals surface area contributed by atoms with Gasteiger partial charge in [0.05, 0.1) is 4.90 Å². The summed E-state index contributed by atoms with van der Waals surface area (Å²) in [5.41, 5.74) is 6.82. The molecule has 1 unspecified atom stereocenters. The molecule has 9 nitrogen and oxygen atoms in total. The fourth-order valence-electron chi connectivity index (χ4n) is 6.56. The van der Waals surface area contributed by atoms with Gasteiger partial charge in [-0.15, -0.1) is 0 Å². The van der Waals surface area contributed by atoms with Gasteiger partial charge in [-0.2, -0.15) is 0 Å². The van der Waals surface area contributed by atoms with Gasteiger partial charge in [-0.1, -0.05) is 48.0 Å². The molecule has 2 aromatic heterocycles. The molecule has 1 saturated heterocycles. The quantitative estimate of drug-likeness (QED) is 0.179. The van der Waals surface area contributed by atoms with E-state index in [-0.39, 0.29) is 22.8 Å². The fraction of sp³-hybridized carbons (Fsp3) is 0.325. The van der Waals surface area contributed by atoms with Gasteiger partial charge in [-0.05, 0) is 100 Å². The first kappa shape index (κ1) is 34.9. The number of ether oxygens (including phenoxy) is 1. The van der Waals surface area contributed by atoms with E-state index in [0.717, 1.165) is 40.7 Å². The molecule has 260 valence electrons. The highest BCUT2D eigenvalue weighted by atomic mass is 32.2. The number of rotatable bonds is 6. The van der Waals surface area contributed by atoms with Gasteiger partial charge in [0.2, 0.25) is 0 Å². The molecule has 0 saturated carbocycles. The van der Waals surface area contributed by atoms with Crippen LogP contribution in [0, 0.1) is 13.8 Å². The Balaban J connectivity index is 1.39. The van der Waals surface area contributed by atoms with E-state index in [1.807, 2.05) is 50.8 Å². The van der Waals surface area contributed by atoms with Crippen LogP contribution in [0.25, 0.3) is 33.3 Å². The second-order valence-electron chi connectivity index (χ2n) is 14.4. The lowest BCUT2D eigenvalue weighted by atomic mass is 9.86. The number of nitrogens with zero attached hydrogens (tertiary/aromatic N) is 4. The number of amides is 2. The average Bonchev–Trinajstić information content (AvgIpc) is 3.47. The molecule has 1 aliphatic rings. The maximum Gasteiger partial charge on any atom is 0.410 e. The summed E-state index contributed by atoms with van der Waals surface area (Å²) in [4.78, 5) is 33.6. The van der Waals surface area contributed by atoms with E-state index < -0.39 is 15.6 Å². The molecule has 1 aliphatic heterocycles. The van der Waals surface area contributed by atoms with E-state index in [0.29, 0.717) is 35.2 Å². The Morgan fingerprint density at radius 2 is 1.58 bits per heavy atom. The van der Waals surface area contributed by atoms with Crippen molar-refractivity contribution in [1.29, 1.82) is 0 Å². The highest BCUT2D eigenvalue weighted by Crippen LogP contribution is 2.37. The van der Waals surface area contributed by atoms with Gasteiger partial charge in [0.25, 0.3) is 15.9 Å². The number of carbonyl (C=O) groups is 2. The van der Waals surface area contributed by atoms with Crippen molar-refractivity contribution in [2.24, 2.45) is 0 Å². The molecule has 0 N–H and O–H groups in total. The lowest BCUT2D eigenvalue weighted by molar-refractivity contribution is 0.0198. The average molecular weight is 693 g/mol. The monoisotopic (exact) mass is 692 g/mol. The fourth-order valence-corrected chi connectivity index (χ4v) is 7.89. The molecule has 1 fully saturated rings. The van der Waals surface area contributed by atoms with Crippen LogP contribution in [-0.4, -0.2) is 72.0 Å². The van der Waals surface area contributed by atoms with Gasteiger partial charge in [0.1, 0.15) is 5.60 Å². The van der Waals surface area contributed by atoms with Crippen LogP contribution in [0.4, 0.5) is 4.79 Å². The summed E-state index contributed by atoms with van der Waals surface area (Å²) >= 11 is 0. The van der Waals surface area contributed by atoms with Crippen molar-refractivity contribution in [3.05, 3.63) is 107 Å². The second kappa shape index (κ2) is 13.4. The zero-order valence-corrected chi connectivity index (χ0v) is 30.5. The first-order valence-corrected chi connectivity index (χ1v) is 18.3. The third kappa shape index (κ3) is 7.03. The van der Waals surface area contributed by atoms with Crippen LogP contribution < -0.4 is 0 Å². The number of pyridine rings is 1. The van der Waals surface area contributed by atoms with Crippen molar-refractivity contribution in [2.75, 3.05) is 27.2 Å². The Hall–Kier alpha value is -4.96. The minimum Gasteiger partial charge on any atom is -0.444 e. The zero-order chi connectivity index (χ0) is 36.0. The van der Waals surface area contributed by atoms with Gasteiger partial charge in [0.15, 0.2) is 5.65 Å². The smallest absolute Gasteiger partial charge is 0.410 e. The number of hydrogen-bond acceptors (Lipinski definition) is 6. The molecule has 10 heteroatoms.